The minimum Gasteiger partial charge on any atom is -0.285 e. The smallest absolute Gasteiger partial charge is 0.255 e. The second-order valence-electron chi connectivity index (χ2n) is 1.48. The molecule has 0 saturated carbocycles. The molecule has 0 aliphatic rings. The summed E-state index contributed by atoms with van der Waals surface area (Å²) >= 11 is 5.05. The van der Waals surface area contributed by atoms with Crippen molar-refractivity contribution in [1.82, 2.24) is 10.2 Å². The molecular weight excluding hydrogens is 166 g/mol. The van der Waals surface area contributed by atoms with E-state index in [2.05, 4.69) is 10.2 Å². The van der Waals surface area contributed by atoms with Gasteiger partial charge in [-0.05, 0) is 11.6 Å². The van der Waals surface area contributed by atoms with Crippen LogP contribution in [0.1, 0.15) is 17.3 Å². The Hall–Kier alpha value is -1.34. The first-order chi connectivity index (χ1) is 5.22. The summed E-state index contributed by atoms with van der Waals surface area (Å²) in [4.78, 5) is 10.2. The molecule has 5 heteroatoms. The highest BCUT2D eigenvalue weighted by atomic mass is 35.5. The Morgan fingerprint density at radius 2 is 2.45 bits per heavy atom. The molecule has 1 aromatic heterocycles. The molecule has 0 atom stereocenters. The summed E-state index contributed by atoms with van der Waals surface area (Å²) in [5.74, 6) is 0. The zero-order valence-corrected chi connectivity index (χ0v) is 6.59. The Balaban J connectivity index is 0.000000292. The van der Waals surface area contributed by atoms with Gasteiger partial charge in [-0.15, -0.1) is 0 Å². The predicted molar refractivity (Wildman–Crippen MR) is 40.1 cm³/mol. The number of aromatic amines is 1. The van der Waals surface area contributed by atoms with Gasteiger partial charge in [0, 0.05) is 13.1 Å². The van der Waals surface area contributed by atoms with Crippen molar-refractivity contribution in [2.75, 3.05) is 0 Å². The first-order valence-electron chi connectivity index (χ1n) is 2.71. The van der Waals surface area contributed by atoms with Crippen LogP contribution in [-0.4, -0.2) is 15.4 Å². The van der Waals surface area contributed by atoms with Crippen molar-refractivity contribution in [2.45, 2.75) is 6.92 Å². The lowest BCUT2D eigenvalue weighted by atomic mass is 10.4. The molecular formula is C6H6ClN3O. The highest BCUT2D eigenvalue weighted by Crippen LogP contribution is 1.97. The molecule has 0 fully saturated rings. The normalized spacial score (nSPS) is 7.36. The topological polar surface area (TPSA) is 69.5 Å². The lowest BCUT2D eigenvalue weighted by Gasteiger charge is -1.74. The van der Waals surface area contributed by atoms with Crippen molar-refractivity contribution in [2.24, 2.45) is 0 Å². The van der Waals surface area contributed by atoms with Crippen LogP contribution in [-0.2, 0) is 0 Å². The summed E-state index contributed by atoms with van der Waals surface area (Å²) in [5, 5.41) is 12.8. The molecule has 0 saturated heterocycles. The Bertz CT molecular complexity index is 249. The maximum Gasteiger partial charge on any atom is 0.255 e. The molecule has 0 spiro atoms. The van der Waals surface area contributed by atoms with Crippen LogP contribution in [0.4, 0.5) is 0 Å². The monoisotopic (exact) mass is 171 g/mol. The van der Waals surface area contributed by atoms with Crippen LogP contribution < -0.4 is 0 Å². The molecule has 0 aliphatic carbocycles. The van der Waals surface area contributed by atoms with E-state index in [9.17, 15) is 4.79 Å². The van der Waals surface area contributed by atoms with E-state index in [1.807, 2.05) is 0 Å². The van der Waals surface area contributed by atoms with Gasteiger partial charge in [0.1, 0.15) is 0 Å². The summed E-state index contributed by atoms with van der Waals surface area (Å²) in [6.45, 7) is 1.43. The van der Waals surface area contributed by atoms with Gasteiger partial charge < -0.3 is 0 Å². The third kappa shape index (κ3) is 4.12. The molecule has 0 unspecified atom stereocenters. The van der Waals surface area contributed by atoms with Gasteiger partial charge in [0.2, 0.25) is 0 Å². The number of hydrogen-bond donors (Lipinski definition) is 1. The number of nitrogens with zero attached hydrogens (tertiary/aromatic N) is 2. The van der Waals surface area contributed by atoms with Gasteiger partial charge in [0.05, 0.1) is 17.8 Å². The van der Waals surface area contributed by atoms with Gasteiger partial charge in [0.15, 0.2) is 0 Å². The molecule has 0 aromatic carbocycles. The number of nitrogens with one attached hydrogen (secondary N) is 1. The third-order valence-corrected chi connectivity index (χ3v) is 0.943. The van der Waals surface area contributed by atoms with Crippen LogP contribution in [0.3, 0.4) is 0 Å². The molecule has 1 heterocycles. The molecule has 0 radical (unpaired) electrons. The van der Waals surface area contributed by atoms with Crippen molar-refractivity contribution in [3.63, 3.8) is 0 Å². The number of H-pyrrole nitrogens is 1. The highest BCUT2D eigenvalue weighted by molar-refractivity contribution is 6.67. The maximum absolute atomic E-state index is 10.2. The average molecular weight is 172 g/mol. The van der Waals surface area contributed by atoms with Crippen molar-refractivity contribution >= 4 is 16.8 Å². The first-order valence-corrected chi connectivity index (χ1v) is 3.09. The number of nitriles is 1. The van der Waals surface area contributed by atoms with Crippen molar-refractivity contribution < 1.29 is 4.79 Å². The molecule has 1 rings (SSSR count). The second-order valence-corrected chi connectivity index (χ2v) is 1.83. The van der Waals surface area contributed by atoms with Crippen LogP contribution in [0.15, 0.2) is 12.4 Å². The van der Waals surface area contributed by atoms with E-state index >= 15 is 0 Å². The summed E-state index contributed by atoms with van der Waals surface area (Å²) in [6, 6.07) is 1.75. The van der Waals surface area contributed by atoms with Gasteiger partial charge >= 0.3 is 0 Å². The Labute approximate surface area is 68.8 Å². The fourth-order valence-corrected chi connectivity index (χ4v) is 0.462. The molecule has 58 valence electrons. The fourth-order valence-electron chi connectivity index (χ4n) is 0.358. The summed E-state index contributed by atoms with van der Waals surface area (Å²) in [5.41, 5.74) is 0.395. The highest BCUT2D eigenvalue weighted by Gasteiger charge is 1.98. The van der Waals surface area contributed by atoms with Gasteiger partial charge in [-0.1, -0.05) is 0 Å². The SMILES string of the molecule is CC#N.O=C(Cl)c1cn[nH]c1. The number of rotatable bonds is 1. The lowest BCUT2D eigenvalue weighted by molar-refractivity contribution is 0.108. The maximum atomic E-state index is 10.2. The average Bonchev–Trinajstić information content (AvgIpc) is 2.38. The summed E-state index contributed by atoms with van der Waals surface area (Å²) < 4.78 is 0. The molecule has 1 N–H and O–H groups in total. The van der Waals surface area contributed by atoms with Gasteiger partial charge in [-0.2, -0.15) is 10.4 Å². The number of carbonyl (C=O) groups is 1. The zero-order valence-electron chi connectivity index (χ0n) is 5.84. The molecule has 4 nitrogen and oxygen atoms in total. The van der Waals surface area contributed by atoms with Crippen LogP contribution in [0.25, 0.3) is 0 Å². The van der Waals surface area contributed by atoms with Crippen molar-refractivity contribution in [3.05, 3.63) is 18.0 Å². The number of halogens is 1. The lowest BCUT2D eigenvalue weighted by Crippen LogP contribution is -1.81. The minimum absolute atomic E-state index is 0.395. The van der Waals surface area contributed by atoms with Crippen LogP contribution in [0.2, 0.25) is 0 Å². The Morgan fingerprint density at radius 1 is 1.91 bits per heavy atom. The van der Waals surface area contributed by atoms with E-state index in [1.54, 1.807) is 6.07 Å². The fraction of sp³-hybridized carbons (Fsp3) is 0.167. The number of carbonyl (C=O) groups excluding carboxylic acids is 1. The van der Waals surface area contributed by atoms with E-state index in [0.717, 1.165) is 0 Å². The van der Waals surface area contributed by atoms with Crippen LogP contribution >= 0.6 is 11.6 Å². The Morgan fingerprint density at radius 3 is 2.64 bits per heavy atom. The molecule has 0 amide bonds. The molecule has 0 bridgehead atoms. The van der Waals surface area contributed by atoms with Gasteiger partial charge in [0.25, 0.3) is 5.24 Å². The first kappa shape index (κ1) is 9.66. The van der Waals surface area contributed by atoms with E-state index in [1.165, 1.54) is 19.3 Å². The molecule has 11 heavy (non-hydrogen) atoms. The van der Waals surface area contributed by atoms with Crippen molar-refractivity contribution in [3.8, 4) is 6.07 Å². The van der Waals surface area contributed by atoms with E-state index in [-0.39, 0.29) is 0 Å². The van der Waals surface area contributed by atoms with Gasteiger partial charge in [-0.25, -0.2) is 0 Å². The van der Waals surface area contributed by atoms with E-state index in [4.69, 9.17) is 16.9 Å². The largest absolute Gasteiger partial charge is 0.285 e. The van der Waals surface area contributed by atoms with Crippen LogP contribution in [0, 0.1) is 11.3 Å². The quantitative estimate of drug-likeness (QED) is 0.648. The molecule has 0 aliphatic heterocycles. The van der Waals surface area contributed by atoms with E-state index < -0.39 is 5.24 Å². The third-order valence-electron chi connectivity index (χ3n) is 0.725. The van der Waals surface area contributed by atoms with E-state index in [0.29, 0.717) is 5.56 Å². The van der Waals surface area contributed by atoms with Crippen LogP contribution in [0.5, 0.6) is 0 Å². The standard InChI is InChI=1S/C4H3ClN2O.C2H3N/c5-4(8)3-1-6-7-2-3;1-2-3/h1-2H,(H,6,7);1H3. The van der Waals surface area contributed by atoms with Gasteiger partial charge in [-0.3, -0.25) is 9.89 Å². The minimum atomic E-state index is -0.487. The summed E-state index contributed by atoms with van der Waals surface area (Å²) in [6.07, 6.45) is 2.81. The van der Waals surface area contributed by atoms with Crippen molar-refractivity contribution in [1.29, 1.82) is 5.26 Å². The summed E-state index contributed by atoms with van der Waals surface area (Å²) in [7, 11) is 0. The predicted octanol–water partition coefficient (Wildman–Crippen LogP) is 1.32. The number of hydrogen-bond acceptors (Lipinski definition) is 3. The second kappa shape index (κ2) is 5.45. The molecule has 1 aromatic rings. The Kier molecular flexibility index (Phi) is 4.78. The number of aromatic nitrogens is 2. The zero-order chi connectivity index (χ0) is 8.69.